The van der Waals surface area contributed by atoms with Crippen LogP contribution in [-0.4, -0.2) is 40.2 Å². The molecule has 114 valence electrons. The molecule has 0 saturated carbocycles. The van der Waals surface area contributed by atoms with Gasteiger partial charge in [0, 0.05) is 32.6 Å². The van der Waals surface area contributed by atoms with E-state index >= 15 is 0 Å². The monoisotopic (exact) mass is 288 g/mol. The van der Waals surface area contributed by atoms with Crippen LogP contribution < -0.4 is 0 Å². The van der Waals surface area contributed by atoms with Gasteiger partial charge in [-0.25, -0.2) is 4.98 Å². The Bertz CT molecular complexity index is 526. The van der Waals surface area contributed by atoms with Crippen molar-refractivity contribution in [1.29, 1.82) is 0 Å². The number of hydrogen-bond acceptors (Lipinski definition) is 4. The quantitative estimate of drug-likeness (QED) is 0.748. The Labute approximate surface area is 126 Å². The van der Waals surface area contributed by atoms with Crippen LogP contribution in [-0.2, 0) is 17.8 Å². The van der Waals surface area contributed by atoms with Crippen molar-refractivity contribution in [1.82, 2.24) is 19.4 Å². The maximum atomic E-state index is 5.14. The van der Waals surface area contributed by atoms with Crippen molar-refractivity contribution in [3.05, 3.63) is 48.3 Å². The number of hydrogen-bond donors (Lipinski definition) is 0. The lowest BCUT2D eigenvalue weighted by Crippen LogP contribution is -2.26. The molecule has 0 aliphatic carbocycles. The average Bonchev–Trinajstić information content (AvgIpc) is 2.94. The van der Waals surface area contributed by atoms with E-state index in [1.807, 2.05) is 30.9 Å². The molecule has 1 atom stereocenters. The van der Waals surface area contributed by atoms with Crippen molar-refractivity contribution in [2.24, 2.45) is 0 Å². The van der Waals surface area contributed by atoms with Gasteiger partial charge in [-0.1, -0.05) is 13.0 Å². The van der Waals surface area contributed by atoms with Gasteiger partial charge in [0.2, 0.25) is 0 Å². The van der Waals surface area contributed by atoms with Crippen molar-refractivity contribution in [3.8, 4) is 0 Å². The highest BCUT2D eigenvalue weighted by Crippen LogP contribution is 2.22. The average molecular weight is 288 g/mol. The zero-order valence-electron chi connectivity index (χ0n) is 13.1. The summed E-state index contributed by atoms with van der Waals surface area (Å²) < 4.78 is 7.28. The third-order valence-electron chi connectivity index (χ3n) is 3.69. The lowest BCUT2D eigenvalue weighted by Gasteiger charge is -2.27. The van der Waals surface area contributed by atoms with Gasteiger partial charge in [-0.3, -0.25) is 9.88 Å². The Hall–Kier alpha value is -1.72. The molecule has 5 nitrogen and oxygen atoms in total. The molecule has 0 amide bonds. The van der Waals surface area contributed by atoms with Crippen LogP contribution in [0.3, 0.4) is 0 Å². The Kier molecular flexibility index (Phi) is 5.90. The third-order valence-corrected chi connectivity index (χ3v) is 3.69. The van der Waals surface area contributed by atoms with E-state index < -0.39 is 0 Å². The number of imidazole rings is 1. The predicted octanol–water partition coefficient (Wildman–Crippen LogP) is 2.51. The van der Waals surface area contributed by atoms with Crippen LogP contribution in [0.15, 0.2) is 36.9 Å². The molecule has 0 aliphatic heterocycles. The second-order valence-electron chi connectivity index (χ2n) is 5.16. The minimum Gasteiger partial charge on any atom is -0.383 e. The van der Waals surface area contributed by atoms with Crippen LogP contribution in [0.1, 0.15) is 30.8 Å². The van der Waals surface area contributed by atoms with E-state index in [0.29, 0.717) is 12.6 Å². The van der Waals surface area contributed by atoms with E-state index in [1.165, 1.54) is 5.69 Å². The van der Waals surface area contributed by atoms with Gasteiger partial charge in [-0.15, -0.1) is 0 Å². The van der Waals surface area contributed by atoms with Crippen molar-refractivity contribution >= 4 is 0 Å². The van der Waals surface area contributed by atoms with Gasteiger partial charge in [-0.2, -0.15) is 0 Å². The summed E-state index contributed by atoms with van der Waals surface area (Å²) in [5.74, 6) is 0. The molecule has 1 unspecified atom stereocenters. The molecular formula is C16H24N4O. The number of nitrogens with zero attached hydrogens (tertiary/aromatic N) is 4. The second-order valence-corrected chi connectivity index (χ2v) is 5.16. The fraction of sp³-hybridized carbons (Fsp3) is 0.500. The van der Waals surface area contributed by atoms with E-state index in [1.54, 1.807) is 7.11 Å². The Morgan fingerprint density at radius 2 is 2.24 bits per heavy atom. The molecule has 0 radical (unpaired) electrons. The lowest BCUT2D eigenvalue weighted by molar-refractivity contribution is 0.182. The van der Waals surface area contributed by atoms with Crippen molar-refractivity contribution in [3.63, 3.8) is 0 Å². The first-order valence-electron chi connectivity index (χ1n) is 7.35. The number of ether oxygens (including phenoxy) is 1. The second kappa shape index (κ2) is 7.90. The number of rotatable bonds is 8. The maximum absolute atomic E-state index is 5.14. The van der Waals surface area contributed by atoms with Gasteiger partial charge in [0.25, 0.3) is 0 Å². The van der Waals surface area contributed by atoms with Crippen molar-refractivity contribution in [2.45, 2.75) is 32.5 Å². The summed E-state index contributed by atoms with van der Waals surface area (Å²) in [4.78, 5) is 11.1. The molecule has 21 heavy (non-hydrogen) atoms. The summed E-state index contributed by atoms with van der Waals surface area (Å²) >= 11 is 0. The van der Waals surface area contributed by atoms with E-state index in [4.69, 9.17) is 4.74 Å². The standard InChI is InChI=1S/C16H24N4O/c1-4-16(15-7-5-6-8-18-15)19(2)12-14-11-17-13-20(14)9-10-21-3/h5-8,11,13,16H,4,9-10,12H2,1-3H3. The van der Waals surface area contributed by atoms with E-state index in [-0.39, 0.29) is 0 Å². The molecular weight excluding hydrogens is 264 g/mol. The molecule has 0 spiro atoms. The van der Waals surface area contributed by atoms with Gasteiger partial charge < -0.3 is 9.30 Å². The number of pyridine rings is 1. The molecule has 5 heteroatoms. The molecule has 0 bridgehead atoms. The van der Waals surface area contributed by atoms with Gasteiger partial charge >= 0.3 is 0 Å². The van der Waals surface area contributed by atoms with E-state index in [0.717, 1.165) is 25.2 Å². The zero-order chi connectivity index (χ0) is 15.1. The molecule has 0 N–H and O–H groups in total. The van der Waals surface area contributed by atoms with Crippen LogP contribution >= 0.6 is 0 Å². The SMILES string of the molecule is CCC(c1ccccn1)N(C)Cc1cncn1CCOC. The Balaban J connectivity index is 2.06. The maximum Gasteiger partial charge on any atom is 0.0949 e. The first kappa shape index (κ1) is 15.7. The molecule has 0 fully saturated rings. The van der Waals surface area contributed by atoms with Crippen LogP contribution in [0.25, 0.3) is 0 Å². The van der Waals surface area contributed by atoms with Crippen LogP contribution in [0.5, 0.6) is 0 Å². The first-order chi connectivity index (χ1) is 10.3. The predicted molar refractivity (Wildman–Crippen MR) is 82.8 cm³/mol. The fourth-order valence-electron chi connectivity index (χ4n) is 2.56. The van der Waals surface area contributed by atoms with Crippen molar-refractivity contribution in [2.75, 3.05) is 20.8 Å². The minimum absolute atomic E-state index is 0.317. The Morgan fingerprint density at radius 3 is 2.90 bits per heavy atom. The topological polar surface area (TPSA) is 43.2 Å². The number of aromatic nitrogens is 3. The fourth-order valence-corrected chi connectivity index (χ4v) is 2.56. The summed E-state index contributed by atoms with van der Waals surface area (Å²) in [5.41, 5.74) is 2.31. The van der Waals surface area contributed by atoms with Gasteiger partial charge in [-0.05, 0) is 25.6 Å². The molecule has 0 aromatic carbocycles. The molecule has 2 aromatic rings. The highest BCUT2D eigenvalue weighted by atomic mass is 16.5. The van der Waals surface area contributed by atoms with Crippen LogP contribution in [0.2, 0.25) is 0 Å². The molecule has 2 rings (SSSR count). The van der Waals surface area contributed by atoms with E-state index in [9.17, 15) is 0 Å². The summed E-state index contributed by atoms with van der Waals surface area (Å²) in [5, 5.41) is 0. The van der Waals surface area contributed by atoms with Gasteiger partial charge in [0.1, 0.15) is 0 Å². The molecule has 0 saturated heterocycles. The summed E-state index contributed by atoms with van der Waals surface area (Å²) in [6.45, 7) is 4.57. The normalized spacial score (nSPS) is 12.8. The summed E-state index contributed by atoms with van der Waals surface area (Å²) in [7, 11) is 3.85. The molecule has 2 heterocycles. The molecule has 2 aromatic heterocycles. The molecule has 0 aliphatic rings. The van der Waals surface area contributed by atoms with Crippen LogP contribution in [0, 0.1) is 0 Å². The third kappa shape index (κ3) is 4.12. The first-order valence-corrected chi connectivity index (χ1v) is 7.35. The highest BCUT2D eigenvalue weighted by molar-refractivity contribution is 5.09. The zero-order valence-corrected chi connectivity index (χ0v) is 13.1. The van der Waals surface area contributed by atoms with Gasteiger partial charge in [0.05, 0.1) is 30.4 Å². The smallest absolute Gasteiger partial charge is 0.0949 e. The minimum atomic E-state index is 0.317. The number of methoxy groups -OCH3 is 1. The highest BCUT2D eigenvalue weighted by Gasteiger charge is 2.17. The van der Waals surface area contributed by atoms with Crippen molar-refractivity contribution < 1.29 is 4.74 Å². The lowest BCUT2D eigenvalue weighted by atomic mass is 10.1. The van der Waals surface area contributed by atoms with E-state index in [2.05, 4.69) is 39.5 Å². The Morgan fingerprint density at radius 1 is 1.38 bits per heavy atom. The van der Waals surface area contributed by atoms with Crippen LogP contribution in [0.4, 0.5) is 0 Å². The van der Waals surface area contributed by atoms with Gasteiger partial charge in [0.15, 0.2) is 0 Å². The summed E-state index contributed by atoms with van der Waals surface area (Å²) in [6.07, 6.45) is 6.68. The largest absolute Gasteiger partial charge is 0.383 e. The summed E-state index contributed by atoms with van der Waals surface area (Å²) in [6, 6.07) is 6.40.